The first-order valence-electron chi connectivity index (χ1n) is 5.69. The molecule has 0 aromatic rings. The zero-order valence-electron chi connectivity index (χ0n) is 9.59. The Morgan fingerprint density at radius 3 is 2.43 bits per heavy atom. The molecule has 2 heteroatoms. The van der Waals surface area contributed by atoms with Gasteiger partial charge in [-0.15, -0.1) is 0 Å². The Hall–Kier alpha value is 0.400. The first-order chi connectivity index (χ1) is 6.60. The molecule has 0 aliphatic heterocycles. The predicted octanol–water partition coefficient (Wildman–Crippen LogP) is 4.10. The number of hydrogen-bond acceptors (Lipinski definition) is 1. The fourth-order valence-electron chi connectivity index (χ4n) is 2.35. The van der Waals surface area contributed by atoms with Crippen LogP contribution in [-0.2, 0) is 0 Å². The van der Waals surface area contributed by atoms with Crippen LogP contribution in [0.25, 0.3) is 0 Å². The molecule has 0 atom stereocenters. The molecule has 0 amide bonds. The molecule has 0 bridgehead atoms. The van der Waals surface area contributed by atoms with Crippen molar-refractivity contribution in [3.63, 3.8) is 0 Å². The summed E-state index contributed by atoms with van der Waals surface area (Å²) >= 11 is 2.60. The highest BCUT2D eigenvalue weighted by atomic mass is 127. The maximum atomic E-state index is 4.49. The molecule has 1 nitrogen and oxygen atoms in total. The average molecular weight is 307 g/mol. The first-order valence-corrected chi connectivity index (χ1v) is 6.94. The Morgan fingerprint density at radius 2 is 2.00 bits per heavy atom. The van der Waals surface area contributed by atoms with E-state index >= 15 is 0 Å². The van der Waals surface area contributed by atoms with Crippen molar-refractivity contribution < 1.29 is 0 Å². The van der Waals surface area contributed by atoms with Gasteiger partial charge in [0.25, 0.3) is 0 Å². The van der Waals surface area contributed by atoms with Crippen LogP contribution in [0.3, 0.4) is 0 Å². The minimum atomic E-state index is 0.508. The number of rotatable bonds is 3. The largest absolute Gasteiger partial charge is 0.297 e. The van der Waals surface area contributed by atoms with Crippen LogP contribution in [-0.4, -0.2) is 16.7 Å². The van der Waals surface area contributed by atoms with Crippen molar-refractivity contribution in [1.29, 1.82) is 0 Å². The highest BCUT2D eigenvalue weighted by Gasteiger charge is 2.36. The van der Waals surface area contributed by atoms with Gasteiger partial charge in [0.15, 0.2) is 0 Å². The third-order valence-electron chi connectivity index (χ3n) is 3.72. The van der Waals surface area contributed by atoms with E-state index in [-0.39, 0.29) is 0 Å². The zero-order chi connectivity index (χ0) is 10.6. The summed E-state index contributed by atoms with van der Waals surface area (Å²) in [5.41, 5.74) is 0.508. The van der Waals surface area contributed by atoms with Gasteiger partial charge < -0.3 is 0 Å². The lowest BCUT2D eigenvalue weighted by Gasteiger charge is -2.41. The second-order valence-electron chi connectivity index (χ2n) is 4.79. The average Bonchev–Trinajstić information content (AvgIpc) is 2.17. The summed E-state index contributed by atoms with van der Waals surface area (Å²) in [6.07, 6.45) is 7.47. The molecule has 82 valence electrons. The maximum Gasteiger partial charge on any atom is 0.0444 e. The lowest BCUT2D eigenvalue weighted by atomic mass is 9.67. The van der Waals surface area contributed by atoms with E-state index in [1.54, 1.807) is 0 Å². The standard InChI is InChI=1S/C12H22IN/c1-4-14-9-12(10(2)3)7-5-11(13)6-8-12/h4,10-11H,5-9H2,1-3H3. The van der Waals surface area contributed by atoms with Crippen molar-refractivity contribution in [3.8, 4) is 0 Å². The highest BCUT2D eigenvalue weighted by Crippen LogP contribution is 2.44. The van der Waals surface area contributed by atoms with Gasteiger partial charge in [0.2, 0.25) is 0 Å². The molecule has 0 radical (unpaired) electrons. The number of alkyl halides is 1. The van der Waals surface area contributed by atoms with Crippen molar-refractivity contribution in [2.45, 2.75) is 50.4 Å². The minimum Gasteiger partial charge on any atom is -0.297 e. The van der Waals surface area contributed by atoms with Crippen LogP contribution in [0, 0.1) is 11.3 Å². The van der Waals surface area contributed by atoms with Crippen molar-refractivity contribution in [3.05, 3.63) is 0 Å². The van der Waals surface area contributed by atoms with Gasteiger partial charge >= 0.3 is 0 Å². The third-order valence-corrected chi connectivity index (χ3v) is 4.97. The molecule has 1 aliphatic rings. The van der Waals surface area contributed by atoms with Crippen molar-refractivity contribution in [2.24, 2.45) is 16.3 Å². The molecule has 0 spiro atoms. The SMILES string of the molecule is CC=NCC1(C(C)C)CCC(I)CC1. The number of halogens is 1. The van der Waals surface area contributed by atoms with Crippen LogP contribution in [0.5, 0.6) is 0 Å². The summed E-state index contributed by atoms with van der Waals surface area (Å²) in [5, 5.41) is 0. The van der Waals surface area contributed by atoms with Crippen LogP contribution < -0.4 is 0 Å². The van der Waals surface area contributed by atoms with Gasteiger partial charge in [-0.05, 0) is 50.2 Å². The van der Waals surface area contributed by atoms with E-state index in [4.69, 9.17) is 0 Å². The van der Waals surface area contributed by atoms with Gasteiger partial charge in [-0.25, -0.2) is 0 Å². The molecule has 1 rings (SSSR count). The quantitative estimate of drug-likeness (QED) is 0.423. The summed E-state index contributed by atoms with van der Waals surface area (Å²) in [5.74, 6) is 0.773. The molecule has 0 saturated heterocycles. The van der Waals surface area contributed by atoms with Gasteiger partial charge in [-0.3, -0.25) is 4.99 Å². The van der Waals surface area contributed by atoms with E-state index in [0.29, 0.717) is 5.41 Å². The molecular weight excluding hydrogens is 285 g/mol. The van der Waals surface area contributed by atoms with E-state index in [9.17, 15) is 0 Å². The van der Waals surface area contributed by atoms with Crippen molar-refractivity contribution in [2.75, 3.05) is 6.54 Å². The van der Waals surface area contributed by atoms with Gasteiger partial charge in [-0.2, -0.15) is 0 Å². The lowest BCUT2D eigenvalue weighted by molar-refractivity contribution is 0.134. The van der Waals surface area contributed by atoms with Crippen LogP contribution in [0.2, 0.25) is 0 Å². The number of hydrogen-bond donors (Lipinski definition) is 0. The van der Waals surface area contributed by atoms with Crippen molar-refractivity contribution >= 4 is 28.8 Å². The Balaban J connectivity index is 2.63. The van der Waals surface area contributed by atoms with Gasteiger partial charge in [0, 0.05) is 10.5 Å². The summed E-state index contributed by atoms with van der Waals surface area (Å²) in [6, 6.07) is 0. The van der Waals surface area contributed by atoms with E-state index in [1.807, 2.05) is 13.1 Å². The van der Waals surface area contributed by atoms with Crippen LogP contribution in [0.15, 0.2) is 4.99 Å². The van der Waals surface area contributed by atoms with Crippen LogP contribution in [0.1, 0.15) is 46.5 Å². The molecule has 1 fully saturated rings. The summed E-state index contributed by atoms with van der Waals surface area (Å²) < 4.78 is 0.907. The lowest BCUT2D eigenvalue weighted by Crippen LogP contribution is -2.35. The molecule has 1 aliphatic carbocycles. The summed E-state index contributed by atoms with van der Waals surface area (Å²) in [7, 11) is 0. The Bertz CT molecular complexity index is 190. The second kappa shape index (κ2) is 5.47. The minimum absolute atomic E-state index is 0.508. The molecular formula is C12H22IN. The first kappa shape index (κ1) is 12.5. The predicted molar refractivity (Wildman–Crippen MR) is 72.6 cm³/mol. The van der Waals surface area contributed by atoms with E-state index in [0.717, 1.165) is 16.4 Å². The Labute approximate surface area is 102 Å². The summed E-state index contributed by atoms with van der Waals surface area (Å²) in [4.78, 5) is 4.49. The van der Waals surface area contributed by atoms with Gasteiger partial charge in [-0.1, -0.05) is 36.4 Å². The topological polar surface area (TPSA) is 12.4 Å². The number of aliphatic imine (C=N–C) groups is 1. The fourth-order valence-corrected chi connectivity index (χ4v) is 2.97. The highest BCUT2D eigenvalue weighted by molar-refractivity contribution is 14.1. The summed E-state index contributed by atoms with van der Waals surface area (Å²) in [6.45, 7) is 7.79. The Kier molecular flexibility index (Phi) is 4.88. The number of nitrogens with zero attached hydrogens (tertiary/aromatic N) is 1. The van der Waals surface area contributed by atoms with E-state index in [1.165, 1.54) is 25.7 Å². The Morgan fingerprint density at radius 1 is 1.43 bits per heavy atom. The molecule has 0 unspecified atom stereocenters. The van der Waals surface area contributed by atoms with E-state index < -0.39 is 0 Å². The zero-order valence-corrected chi connectivity index (χ0v) is 11.8. The monoisotopic (exact) mass is 307 g/mol. The van der Waals surface area contributed by atoms with Gasteiger partial charge in [0.1, 0.15) is 0 Å². The van der Waals surface area contributed by atoms with Gasteiger partial charge in [0.05, 0.1) is 0 Å². The maximum absolute atomic E-state index is 4.49. The van der Waals surface area contributed by atoms with Crippen LogP contribution in [0.4, 0.5) is 0 Å². The molecule has 0 aromatic heterocycles. The molecule has 0 N–H and O–H groups in total. The third kappa shape index (κ3) is 2.94. The smallest absolute Gasteiger partial charge is 0.0444 e. The van der Waals surface area contributed by atoms with Crippen molar-refractivity contribution in [1.82, 2.24) is 0 Å². The molecule has 1 saturated carbocycles. The fraction of sp³-hybridized carbons (Fsp3) is 0.917. The molecule has 14 heavy (non-hydrogen) atoms. The molecule has 0 heterocycles. The second-order valence-corrected chi connectivity index (χ2v) is 6.55. The molecule has 0 aromatic carbocycles. The van der Waals surface area contributed by atoms with E-state index in [2.05, 4.69) is 41.4 Å². The normalized spacial score (nSPS) is 34.2. The van der Waals surface area contributed by atoms with Crippen LogP contribution >= 0.6 is 22.6 Å².